The predicted octanol–water partition coefficient (Wildman–Crippen LogP) is 1.40. The highest BCUT2D eigenvalue weighted by Crippen LogP contribution is 2.04. The van der Waals surface area contributed by atoms with Crippen molar-refractivity contribution in [3.63, 3.8) is 0 Å². The van der Waals surface area contributed by atoms with Crippen molar-refractivity contribution in [3.05, 3.63) is 12.7 Å². The Kier molecular flexibility index (Phi) is 14.3. The first-order valence-corrected chi connectivity index (χ1v) is 9.03. The van der Waals surface area contributed by atoms with Gasteiger partial charge in [0.15, 0.2) is 0 Å². The van der Waals surface area contributed by atoms with Gasteiger partial charge >= 0.3 is 0 Å². The van der Waals surface area contributed by atoms with Crippen LogP contribution in [0.2, 0.25) is 0 Å². The van der Waals surface area contributed by atoms with Gasteiger partial charge in [-0.15, -0.1) is 0 Å². The van der Waals surface area contributed by atoms with Crippen LogP contribution in [0.3, 0.4) is 0 Å². The Morgan fingerprint density at radius 3 is 2.42 bits per heavy atom. The summed E-state index contributed by atoms with van der Waals surface area (Å²) in [5.41, 5.74) is 0. The van der Waals surface area contributed by atoms with Gasteiger partial charge in [-0.3, -0.25) is 9.59 Å². The second kappa shape index (κ2) is 15.1. The fourth-order valence-corrected chi connectivity index (χ4v) is 2.37. The van der Waals surface area contributed by atoms with Crippen LogP contribution in [0, 0.1) is 0 Å². The molecule has 6 heteroatoms. The fraction of sp³-hybridized carbons (Fsp3) is 0.778. The number of amides is 2. The largest absolute Gasteiger partial charge is 0.396 e. The average molecular weight is 341 g/mol. The van der Waals surface area contributed by atoms with E-state index in [1.807, 2.05) is 4.90 Å². The molecule has 2 amide bonds. The maximum absolute atomic E-state index is 12.3. The molecule has 0 rings (SSSR count). The molecule has 0 heterocycles. The topological polar surface area (TPSA) is 72.9 Å². The van der Waals surface area contributed by atoms with Crippen molar-refractivity contribution in [2.75, 3.05) is 46.4 Å². The molecule has 0 aliphatic heterocycles. The maximum atomic E-state index is 12.3. The number of nitrogens with zero attached hydrogens (tertiary/aromatic N) is 2. The third-order valence-electron chi connectivity index (χ3n) is 3.83. The lowest BCUT2D eigenvalue weighted by molar-refractivity contribution is -0.131. The number of nitrogens with one attached hydrogen (secondary N) is 1. The zero-order valence-electron chi connectivity index (χ0n) is 15.4. The molecule has 0 aromatic rings. The van der Waals surface area contributed by atoms with E-state index in [1.54, 1.807) is 11.9 Å². The standard InChI is InChI=1S/C18H35N3O3/c1-4-11-19-12-8-14-21(18(24)10-6-7-16-22)15-9-13-20(3)17(23)5-2/h5,19,22H,2,4,6-16H2,1,3H3. The van der Waals surface area contributed by atoms with E-state index >= 15 is 0 Å². The van der Waals surface area contributed by atoms with E-state index in [4.69, 9.17) is 5.11 Å². The molecule has 0 unspecified atom stereocenters. The Morgan fingerprint density at radius 1 is 1.08 bits per heavy atom. The first kappa shape index (κ1) is 22.6. The summed E-state index contributed by atoms with van der Waals surface area (Å²) in [6.45, 7) is 9.63. The Labute approximate surface area is 146 Å². The number of hydrogen-bond acceptors (Lipinski definition) is 4. The van der Waals surface area contributed by atoms with E-state index in [1.165, 1.54) is 6.08 Å². The summed E-state index contributed by atoms with van der Waals surface area (Å²) in [5, 5.41) is 12.2. The molecule has 0 aromatic carbocycles. The van der Waals surface area contributed by atoms with Crippen molar-refractivity contribution in [1.82, 2.24) is 15.1 Å². The van der Waals surface area contributed by atoms with Gasteiger partial charge in [0.1, 0.15) is 0 Å². The van der Waals surface area contributed by atoms with E-state index in [9.17, 15) is 9.59 Å². The summed E-state index contributed by atoms with van der Waals surface area (Å²) >= 11 is 0. The van der Waals surface area contributed by atoms with Crippen LogP contribution in [0.25, 0.3) is 0 Å². The lowest BCUT2D eigenvalue weighted by atomic mass is 10.2. The van der Waals surface area contributed by atoms with Gasteiger partial charge < -0.3 is 20.2 Å². The summed E-state index contributed by atoms with van der Waals surface area (Å²) in [6, 6.07) is 0. The average Bonchev–Trinajstić information content (AvgIpc) is 2.59. The summed E-state index contributed by atoms with van der Waals surface area (Å²) in [6.07, 6.45) is 5.94. The number of aliphatic hydroxyl groups is 1. The van der Waals surface area contributed by atoms with Gasteiger partial charge in [-0.05, 0) is 51.3 Å². The van der Waals surface area contributed by atoms with E-state index in [0.717, 1.165) is 45.3 Å². The van der Waals surface area contributed by atoms with Crippen molar-refractivity contribution >= 4 is 11.8 Å². The van der Waals surface area contributed by atoms with Gasteiger partial charge in [-0.2, -0.15) is 0 Å². The SMILES string of the molecule is C=CC(=O)N(C)CCCN(CCCNCCC)C(=O)CCCCO. The molecule has 2 N–H and O–H groups in total. The van der Waals surface area contributed by atoms with Gasteiger partial charge in [-0.1, -0.05) is 13.5 Å². The molecule has 140 valence electrons. The van der Waals surface area contributed by atoms with Crippen LogP contribution in [0.5, 0.6) is 0 Å². The minimum Gasteiger partial charge on any atom is -0.396 e. The number of likely N-dealkylation sites (N-methyl/N-ethyl adjacent to an activating group) is 1. The summed E-state index contributed by atoms with van der Waals surface area (Å²) < 4.78 is 0. The molecular formula is C18H35N3O3. The highest BCUT2D eigenvalue weighted by Gasteiger charge is 2.13. The van der Waals surface area contributed by atoms with Crippen LogP contribution >= 0.6 is 0 Å². The number of unbranched alkanes of at least 4 members (excludes halogenated alkanes) is 1. The minimum atomic E-state index is -0.0976. The molecule has 0 aliphatic carbocycles. The van der Waals surface area contributed by atoms with Crippen molar-refractivity contribution in [2.24, 2.45) is 0 Å². The molecule has 0 atom stereocenters. The van der Waals surface area contributed by atoms with Crippen molar-refractivity contribution in [2.45, 2.75) is 45.4 Å². The Balaban J connectivity index is 4.26. The number of aliphatic hydroxyl groups excluding tert-OH is 1. The summed E-state index contributed by atoms with van der Waals surface area (Å²) in [4.78, 5) is 27.3. The van der Waals surface area contributed by atoms with Crippen LogP contribution in [0.4, 0.5) is 0 Å². The molecule has 0 saturated heterocycles. The van der Waals surface area contributed by atoms with E-state index in [0.29, 0.717) is 25.9 Å². The zero-order chi connectivity index (χ0) is 18.2. The lowest BCUT2D eigenvalue weighted by Crippen LogP contribution is -2.36. The van der Waals surface area contributed by atoms with Crippen LogP contribution in [-0.4, -0.2) is 73.1 Å². The number of carbonyl (C=O) groups excluding carboxylic acids is 2. The van der Waals surface area contributed by atoms with Gasteiger partial charge in [-0.25, -0.2) is 0 Å². The van der Waals surface area contributed by atoms with E-state index in [-0.39, 0.29) is 18.4 Å². The third-order valence-corrected chi connectivity index (χ3v) is 3.83. The predicted molar refractivity (Wildman–Crippen MR) is 97.7 cm³/mol. The second-order valence-electron chi connectivity index (χ2n) is 5.98. The highest BCUT2D eigenvalue weighted by atomic mass is 16.3. The molecule has 0 spiro atoms. The number of carbonyl (C=O) groups is 2. The quantitative estimate of drug-likeness (QED) is 0.349. The monoisotopic (exact) mass is 341 g/mol. The molecule has 0 saturated carbocycles. The lowest BCUT2D eigenvalue weighted by Gasteiger charge is -2.24. The third kappa shape index (κ3) is 11.2. The molecule has 6 nitrogen and oxygen atoms in total. The van der Waals surface area contributed by atoms with Gasteiger partial charge in [0.25, 0.3) is 0 Å². The van der Waals surface area contributed by atoms with Crippen molar-refractivity contribution in [1.29, 1.82) is 0 Å². The zero-order valence-corrected chi connectivity index (χ0v) is 15.4. The first-order chi connectivity index (χ1) is 11.6. The Morgan fingerprint density at radius 2 is 1.79 bits per heavy atom. The number of hydrogen-bond donors (Lipinski definition) is 2. The first-order valence-electron chi connectivity index (χ1n) is 9.03. The normalized spacial score (nSPS) is 10.5. The summed E-state index contributed by atoms with van der Waals surface area (Å²) in [5.74, 6) is 0.0382. The minimum absolute atomic E-state index is 0.0976. The highest BCUT2D eigenvalue weighted by molar-refractivity contribution is 5.86. The number of rotatable bonds is 15. The maximum Gasteiger partial charge on any atom is 0.245 e. The van der Waals surface area contributed by atoms with Gasteiger partial charge in [0, 0.05) is 39.7 Å². The molecule has 0 aliphatic rings. The van der Waals surface area contributed by atoms with Gasteiger partial charge in [0.05, 0.1) is 0 Å². The van der Waals surface area contributed by atoms with Crippen molar-refractivity contribution < 1.29 is 14.7 Å². The van der Waals surface area contributed by atoms with E-state index in [2.05, 4.69) is 18.8 Å². The molecule has 0 fully saturated rings. The molecule has 0 radical (unpaired) electrons. The van der Waals surface area contributed by atoms with Gasteiger partial charge in [0.2, 0.25) is 11.8 Å². The fourth-order valence-electron chi connectivity index (χ4n) is 2.37. The molecule has 0 aromatic heterocycles. The molecule has 0 bridgehead atoms. The van der Waals surface area contributed by atoms with Crippen LogP contribution < -0.4 is 5.32 Å². The van der Waals surface area contributed by atoms with Crippen LogP contribution in [0.1, 0.15) is 45.4 Å². The Hall–Kier alpha value is -1.40. The summed E-state index contributed by atoms with van der Waals surface area (Å²) in [7, 11) is 1.74. The Bertz CT molecular complexity index is 361. The van der Waals surface area contributed by atoms with Crippen molar-refractivity contribution in [3.8, 4) is 0 Å². The van der Waals surface area contributed by atoms with Crippen LogP contribution in [0.15, 0.2) is 12.7 Å². The molecule has 24 heavy (non-hydrogen) atoms. The van der Waals surface area contributed by atoms with Crippen LogP contribution in [-0.2, 0) is 9.59 Å². The van der Waals surface area contributed by atoms with E-state index < -0.39 is 0 Å². The smallest absolute Gasteiger partial charge is 0.245 e. The molecular weight excluding hydrogens is 306 g/mol. The second-order valence-corrected chi connectivity index (χ2v) is 5.98.